The zero-order chi connectivity index (χ0) is 13.1. The summed E-state index contributed by atoms with van der Waals surface area (Å²) in [5, 5.41) is 0. The highest BCUT2D eigenvalue weighted by Crippen LogP contribution is 2.15. The molecule has 0 bridgehead atoms. The van der Waals surface area contributed by atoms with E-state index >= 15 is 0 Å². The Bertz CT molecular complexity index is 333. The minimum absolute atomic E-state index is 0.122. The van der Waals surface area contributed by atoms with E-state index in [1.807, 2.05) is 0 Å². The van der Waals surface area contributed by atoms with Crippen LogP contribution in [-0.4, -0.2) is 69.3 Å². The maximum Gasteiger partial charge on any atom is 0.211 e. The molecule has 0 amide bonds. The maximum atomic E-state index is 11.4. The van der Waals surface area contributed by atoms with Gasteiger partial charge in [0.15, 0.2) is 0 Å². The molecule has 17 heavy (non-hydrogen) atoms. The molecule has 1 aliphatic rings. The summed E-state index contributed by atoms with van der Waals surface area (Å²) in [6, 6.07) is 0. The molecular weight excluding hydrogens is 238 g/mol. The van der Waals surface area contributed by atoms with Gasteiger partial charge in [0.25, 0.3) is 0 Å². The predicted molar refractivity (Wildman–Crippen MR) is 70.6 cm³/mol. The summed E-state index contributed by atoms with van der Waals surface area (Å²) in [5.74, 6) is 0.145. The topological polar surface area (TPSA) is 52.7 Å². The highest BCUT2D eigenvalue weighted by atomic mass is 32.2. The van der Waals surface area contributed by atoms with Gasteiger partial charge in [0.05, 0.1) is 5.75 Å². The van der Waals surface area contributed by atoms with Gasteiger partial charge in [0, 0.05) is 38.3 Å². The number of hydrogen-bond donors (Lipinski definition) is 1. The molecule has 1 rings (SSSR count). The minimum Gasteiger partial charge on any atom is -0.304 e. The van der Waals surface area contributed by atoms with Crippen LogP contribution in [0.25, 0.3) is 0 Å². The van der Waals surface area contributed by atoms with Crippen molar-refractivity contribution < 1.29 is 8.42 Å². The van der Waals surface area contributed by atoms with Gasteiger partial charge in [0.2, 0.25) is 10.0 Å². The lowest BCUT2D eigenvalue weighted by atomic mass is 10.0. The van der Waals surface area contributed by atoms with E-state index in [1.165, 1.54) is 0 Å². The normalized spacial score (nSPS) is 20.7. The van der Waals surface area contributed by atoms with Crippen molar-refractivity contribution in [2.45, 2.75) is 26.3 Å². The Morgan fingerprint density at radius 2 is 1.71 bits per heavy atom. The van der Waals surface area contributed by atoms with Crippen molar-refractivity contribution in [2.75, 3.05) is 45.5 Å². The molecule has 0 aliphatic carbocycles. The van der Waals surface area contributed by atoms with Gasteiger partial charge in [-0.2, -0.15) is 0 Å². The van der Waals surface area contributed by atoms with E-state index in [-0.39, 0.29) is 11.3 Å². The molecule has 1 aliphatic heterocycles. The van der Waals surface area contributed by atoms with Gasteiger partial charge in [-0.25, -0.2) is 13.1 Å². The monoisotopic (exact) mass is 263 g/mol. The molecule has 0 aromatic rings. The lowest BCUT2D eigenvalue weighted by Gasteiger charge is -2.43. The van der Waals surface area contributed by atoms with Gasteiger partial charge in [-0.15, -0.1) is 0 Å². The first-order valence-corrected chi connectivity index (χ1v) is 7.83. The van der Waals surface area contributed by atoms with Crippen molar-refractivity contribution in [2.24, 2.45) is 0 Å². The molecule has 0 unspecified atom stereocenters. The maximum absolute atomic E-state index is 11.4. The van der Waals surface area contributed by atoms with Crippen LogP contribution in [0.2, 0.25) is 0 Å². The van der Waals surface area contributed by atoms with Crippen LogP contribution in [0.1, 0.15) is 20.8 Å². The largest absolute Gasteiger partial charge is 0.304 e. The molecule has 102 valence electrons. The molecule has 1 saturated heterocycles. The molecule has 1 N–H and O–H groups in total. The van der Waals surface area contributed by atoms with Gasteiger partial charge in [-0.1, -0.05) is 0 Å². The minimum atomic E-state index is -3.09. The molecule has 0 spiro atoms. The second kappa shape index (κ2) is 5.65. The van der Waals surface area contributed by atoms with Gasteiger partial charge < -0.3 is 4.90 Å². The third kappa shape index (κ3) is 4.54. The van der Waals surface area contributed by atoms with Crippen molar-refractivity contribution in [3.63, 3.8) is 0 Å². The molecule has 5 nitrogen and oxygen atoms in total. The highest BCUT2D eigenvalue weighted by Gasteiger charge is 2.29. The number of piperazine rings is 1. The van der Waals surface area contributed by atoms with Crippen molar-refractivity contribution >= 4 is 10.0 Å². The van der Waals surface area contributed by atoms with E-state index in [9.17, 15) is 8.42 Å². The lowest BCUT2D eigenvalue weighted by Crippen LogP contribution is -2.57. The first-order valence-electron chi connectivity index (χ1n) is 6.18. The average Bonchev–Trinajstić information content (AvgIpc) is 2.27. The number of rotatable bonds is 5. The van der Waals surface area contributed by atoms with Crippen LogP contribution < -0.4 is 4.72 Å². The van der Waals surface area contributed by atoms with E-state index in [0.717, 1.165) is 26.2 Å². The Kier molecular flexibility index (Phi) is 4.95. The molecule has 0 aromatic carbocycles. The highest BCUT2D eigenvalue weighted by molar-refractivity contribution is 7.89. The fourth-order valence-corrected chi connectivity index (χ4v) is 2.69. The first-order chi connectivity index (χ1) is 7.77. The standard InChI is InChI=1S/C11H25N3O2S/c1-5-17(15,16)12-10-11(2,3)14-8-6-13(4)7-9-14/h12H,5-10H2,1-4H3. The summed E-state index contributed by atoms with van der Waals surface area (Å²) in [6.45, 7) is 10.4. The Balaban J connectivity index is 2.51. The molecule has 1 heterocycles. The number of nitrogens with one attached hydrogen (secondary N) is 1. The number of hydrogen-bond acceptors (Lipinski definition) is 4. The van der Waals surface area contributed by atoms with Crippen molar-refractivity contribution in [1.29, 1.82) is 0 Å². The van der Waals surface area contributed by atoms with E-state index in [4.69, 9.17) is 0 Å². The van der Waals surface area contributed by atoms with E-state index < -0.39 is 10.0 Å². The first kappa shape index (κ1) is 14.9. The molecular formula is C11H25N3O2S. The van der Waals surface area contributed by atoms with Gasteiger partial charge >= 0.3 is 0 Å². The Labute approximate surface area is 105 Å². The number of nitrogens with zero attached hydrogens (tertiary/aromatic N) is 2. The van der Waals surface area contributed by atoms with Crippen LogP contribution in [0.5, 0.6) is 0 Å². The molecule has 1 fully saturated rings. The Morgan fingerprint density at radius 3 is 2.18 bits per heavy atom. The number of likely N-dealkylation sites (N-methyl/N-ethyl adjacent to an activating group) is 1. The third-order valence-corrected chi connectivity index (χ3v) is 4.81. The average molecular weight is 263 g/mol. The summed E-state index contributed by atoms with van der Waals surface area (Å²) in [5.41, 5.74) is -0.122. The Hall–Kier alpha value is -0.170. The van der Waals surface area contributed by atoms with Crippen LogP contribution in [0, 0.1) is 0 Å². The number of sulfonamides is 1. The quantitative estimate of drug-likeness (QED) is 0.756. The lowest BCUT2D eigenvalue weighted by molar-refractivity contribution is 0.0652. The second-order valence-corrected chi connectivity index (χ2v) is 7.42. The molecule has 6 heteroatoms. The molecule has 0 atom stereocenters. The third-order valence-electron chi connectivity index (χ3n) is 3.46. The van der Waals surface area contributed by atoms with E-state index in [1.54, 1.807) is 6.92 Å². The van der Waals surface area contributed by atoms with Crippen LogP contribution in [0.4, 0.5) is 0 Å². The fourth-order valence-electron chi connectivity index (χ4n) is 1.91. The summed E-state index contributed by atoms with van der Waals surface area (Å²) < 4.78 is 25.6. The van der Waals surface area contributed by atoms with Gasteiger partial charge in [-0.3, -0.25) is 4.90 Å². The van der Waals surface area contributed by atoms with Crippen LogP contribution in [0.15, 0.2) is 0 Å². The van der Waals surface area contributed by atoms with Crippen LogP contribution >= 0.6 is 0 Å². The fraction of sp³-hybridized carbons (Fsp3) is 1.00. The predicted octanol–water partition coefficient (Wildman–Crippen LogP) is -0.0483. The second-order valence-electron chi connectivity index (χ2n) is 5.33. The summed E-state index contributed by atoms with van der Waals surface area (Å²) in [7, 11) is -0.974. The zero-order valence-corrected chi connectivity index (χ0v) is 12.2. The van der Waals surface area contributed by atoms with E-state index in [2.05, 4.69) is 35.4 Å². The summed E-state index contributed by atoms with van der Waals surface area (Å²) in [6.07, 6.45) is 0. The summed E-state index contributed by atoms with van der Waals surface area (Å²) >= 11 is 0. The summed E-state index contributed by atoms with van der Waals surface area (Å²) in [4.78, 5) is 4.65. The smallest absolute Gasteiger partial charge is 0.211 e. The molecule has 0 saturated carbocycles. The van der Waals surface area contributed by atoms with Crippen molar-refractivity contribution in [1.82, 2.24) is 14.5 Å². The Morgan fingerprint density at radius 1 is 1.18 bits per heavy atom. The van der Waals surface area contributed by atoms with E-state index in [0.29, 0.717) is 6.54 Å². The molecule has 0 aromatic heterocycles. The van der Waals surface area contributed by atoms with Crippen molar-refractivity contribution in [3.05, 3.63) is 0 Å². The van der Waals surface area contributed by atoms with Gasteiger partial charge in [-0.05, 0) is 27.8 Å². The van der Waals surface area contributed by atoms with Gasteiger partial charge in [0.1, 0.15) is 0 Å². The molecule has 0 radical (unpaired) electrons. The SMILES string of the molecule is CCS(=O)(=O)NCC(C)(C)N1CCN(C)CC1. The van der Waals surface area contributed by atoms with Crippen molar-refractivity contribution in [3.8, 4) is 0 Å². The van der Waals surface area contributed by atoms with Crippen LogP contribution in [-0.2, 0) is 10.0 Å². The van der Waals surface area contributed by atoms with Crippen LogP contribution in [0.3, 0.4) is 0 Å². The zero-order valence-electron chi connectivity index (χ0n) is 11.4.